The van der Waals surface area contributed by atoms with Crippen molar-refractivity contribution in [3.05, 3.63) is 17.5 Å². The van der Waals surface area contributed by atoms with Gasteiger partial charge in [0.05, 0.1) is 18.8 Å². The number of esters is 1. The van der Waals surface area contributed by atoms with E-state index in [1.165, 1.54) is 7.11 Å². The van der Waals surface area contributed by atoms with Crippen molar-refractivity contribution >= 4 is 12.0 Å². The molecule has 1 aromatic heterocycles. The molecule has 19 heavy (non-hydrogen) atoms. The SMILES string of the molecule is COC(=O)CNC(=O)N1CCC[C@H]1c1cc(C)no1. The van der Waals surface area contributed by atoms with Gasteiger partial charge < -0.3 is 19.5 Å². The van der Waals surface area contributed by atoms with E-state index in [-0.39, 0.29) is 18.6 Å². The summed E-state index contributed by atoms with van der Waals surface area (Å²) in [6.07, 6.45) is 1.73. The number of nitrogens with zero attached hydrogens (tertiary/aromatic N) is 2. The van der Waals surface area contributed by atoms with E-state index < -0.39 is 5.97 Å². The summed E-state index contributed by atoms with van der Waals surface area (Å²) in [7, 11) is 1.28. The molecule has 7 nitrogen and oxygen atoms in total. The van der Waals surface area contributed by atoms with Crippen LogP contribution in [0.4, 0.5) is 4.79 Å². The average Bonchev–Trinajstić information content (AvgIpc) is 3.03. The van der Waals surface area contributed by atoms with E-state index in [9.17, 15) is 9.59 Å². The molecule has 2 amide bonds. The molecule has 0 bridgehead atoms. The first-order valence-electron chi connectivity index (χ1n) is 6.16. The van der Waals surface area contributed by atoms with Gasteiger partial charge in [0.2, 0.25) is 0 Å². The summed E-state index contributed by atoms with van der Waals surface area (Å²) >= 11 is 0. The summed E-state index contributed by atoms with van der Waals surface area (Å²) < 4.78 is 9.69. The molecule has 1 aliphatic heterocycles. The van der Waals surface area contributed by atoms with Crippen LogP contribution in [-0.4, -0.2) is 42.3 Å². The van der Waals surface area contributed by atoms with Crippen LogP contribution in [-0.2, 0) is 9.53 Å². The van der Waals surface area contributed by atoms with Gasteiger partial charge in [-0.2, -0.15) is 0 Å². The Labute approximate surface area is 110 Å². The molecule has 7 heteroatoms. The summed E-state index contributed by atoms with van der Waals surface area (Å²) in [6.45, 7) is 2.34. The second-order valence-electron chi connectivity index (χ2n) is 4.46. The summed E-state index contributed by atoms with van der Waals surface area (Å²) in [6, 6.07) is 1.43. The van der Waals surface area contributed by atoms with Gasteiger partial charge in [0.1, 0.15) is 6.54 Å². The minimum Gasteiger partial charge on any atom is -0.468 e. The van der Waals surface area contributed by atoms with Gasteiger partial charge in [0.25, 0.3) is 0 Å². The van der Waals surface area contributed by atoms with Crippen LogP contribution in [0.5, 0.6) is 0 Å². The summed E-state index contributed by atoms with van der Waals surface area (Å²) in [4.78, 5) is 24.7. The van der Waals surface area contributed by atoms with Gasteiger partial charge in [0, 0.05) is 12.6 Å². The lowest BCUT2D eigenvalue weighted by Gasteiger charge is -2.22. The van der Waals surface area contributed by atoms with Gasteiger partial charge in [-0.05, 0) is 19.8 Å². The number of carbonyl (C=O) groups excluding carboxylic acids is 2. The van der Waals surface area contributed by atoms with Crippen LogP contribution in [0.1, 0.15) is 30.3 Å². The second-order valence-corrected chi connectivity index (χ2v) is 4.46. The Bertz CT molecular complexity index is 471. The van der Waals surface area contributed by atoms with Crippen LogP contribution >= 0.6 is 0 Å². The van der Waals surface area contributed by atoms with Crippen LogP contribution in [0.2, 0.25) is 0 Å². The van der Waals surface area contributed by atoms with Crippen molar-refractivity contribution in [2.75, 3.05) is 20.2 Å². The van der Waals surface area contributed by atoms with Crippen LogP contribution in [0, 0.1) is 6.92 Å². The van der Waals surface area contributed by atoms with E-state index in [2.05, 4.69) is 15.2 Å². The number of aryl methyl sites for hydroxylation is 1. The number of aromatic nitrogens is 1. The van der Waals surface area contributed by atoms with E-state index in [4.69, 9.17) is 4.52 Å². The van der Waals surface area contributed by atoms with Crippen molar-refractivity contribution in [2.45, 2.75) is 25.8 Å². The Hall–Kier alpha value is -2.05. The molecule has 1 aliphatic rings. The third kappa shape index (κ3) is 3.04. The molecule has 0 aromatic carbocycles. The molecule has 0 aliphatic carbocycles. The fourth-order valence-electron chi connectivity index (χ4n) is 2.17. The molecule has 0 unspecified atom stereocenters. The van der Waals surface area contributed by atoms with Crippen LogP contribution in [0.25, 0.3) is 0 Å². The monoisotopic (exact) mass is 267 g/mol. The lowest BCUT2D eigenvalue weighted by Crippen LogP contribution is -2.41. The summed E-state index contributed by atoms with van der Waals surface area (Å²) in [5.41, 5.74) is 0.789. The highest BCUT2D eigenvalue weighted by molar-refractivity contribution is 5.81. The standard InChI is InChI=1S/C12H17N3O4/c1-8-6-10(19-14-8)9-4-3-5-15(9)12(17)13-7-11(16)18-2/h6,9H,3-5,7H2,1-2H3,(H,13,17)/t9-/m0/s1. The van der Waals surface area contributed by atoms with Gasteiger partial charge in [-0.25, -0.2) is 4.79 Å². The zero-order chi connectivity index (χ0) is 13.8. The molecule has 0 saturated carbocycles. The normalized spacial score (nSPS) is 18.4. The number of hydrogen-bond donors (Lipinski definition) is 1. The quantitative estimate of drug-likeness (QED) is 0.826. The van der Waals surface area contributed by atoms with Gasteiger partial charge in [-0.3, -0.25) is 4.79 Å². The Kier molecular flexibility index (Phi) is 4.03. The summed E-state index contributed by atoms with van der Waals surface area (Å²) in [5.74, 6) is 0.211. The number of urea groups is 1. The first-order valence-corrected chi connectivity index (χ1v) is 6.16. The van der Waals surface area contributed by atoms with E-state index in [1.54, 1.807) is 4.90 Å². The molecule has 2 rings (SSSR count). The maximum absolute atomic E-state index is 12.0. The third-order valence-corrected chi connectivity index (χ3v) is 3.10. The van der Waals surface area contributed by atoms with Gasteiger partial charge in [-0.15, -0.1) is 0 Å². The maximum atomic E-state index is 12.0. The minimum absolute atomic E-state index is 0.112. The van der Waals surface area contributed by atoms with E-state index in [0.717, 1.165) is 18.5 Å². The smallest absolute Gasteiger partial charge is 0.325 e. The number of hydrogen-bond acceptors (Lipinski definition) is 5. The summed E-state index contributed by atoms with van der Waals surface area (Å²) in [5, 5.41) is 6.37. The number of likely N-dealkylation sites (tertiary alicyclic amines) is 1. The molecule has 1 atom stereocenters. The van der Waals surface area contributed by atoms with E-state index in [1.807, 2.05) is 13.0 Å². The highest BCUT2D eigenvalue weighted by Crippen LogP contribution is 2.31. The Morgan fingerprint density at radius 3 is 3.05 bits per heavy atom. The van der Waals surface area contributed by atoms with Crippen LogP contribution in [0.15, 0.2) is 10.6 Å². The maximum Gasteiger partial charge on any atom is 0.325 e. The van der Waals surface area contributed by atoms with E-state index >= 15 is 0 Å². The molecule has 1 N–H and O–H groups in total. The fraction of sp³-hybridized carbons (Fsp3) is 0.583. The fourth-order valence-corrected chi connectivity index (χ4v) is 2.17. The van der Waals surface area contributed by atoms with Gasteiger partial charge in [0.15, 0.2) is 5.76 Å². The Morgan fingerprint density at radius 2 is 2.42 bits per heavy atom. The number of rotatable bonds is 3. The number of carbonyl (C=O) groups is 2. The largest absolute Gasteiger partial charge is 0.468 e. The van der Waals surface area contributed by atoms with Crippen molar-refractivity contribution in [3.8, 4) is 0 Å². The molecular formula is C12H17N3O4. The third-order valence-electron chi connectivity index (χ3n) is 3.10. The van der Waals surface area contributed by atoms with Gasteiger partial charge >= 0.3 is 12.0 Å². The van der Waals surface area contributed by atoms with Crippen LogP contribution in [0.3, 0.4) is 0 Å². The van der Waals surface area contributed by atoms with Crippen molar-refractivity contribution < 1.29 is 18.8 Å². The molecule has 1 aromatic rings. The van der Waals surface area contributed by atoms with Crippen molar-refractivity contribution in [3.63, 3.8) is 0 Å². The lowest BCUT2D eigenvalue weighted by molar-refractivity contribution is -0.139. The van der Waals surface area contributed by atoms with Crippen molar-refractivity contribution in [1.29, 1.82) is 0 Å². The second kappa shape index (κ2) is 5.73. The predicted molar refractivity (Wildman–Crippen MR) is 65.3 cm³/mol. The van der Waals surface area contributed by atoms with Crippen molar-refractivity contribution in [2.24, 2.45) is 0 Å². The predicted octanol–water partition coefficient (Wildman–Crippen LogP) is 1.00. The van der Waals surface area contributed by atoms with E-state index in [0.29, 0.717) is 12.3 Å². The van der Waals surface area contributed by atoms with Gasteiger partial charge in [-0.1, -0.05) is 5.16 Å². The lowest BCUT2D eigenvalue weighted by atomic mass is 10.1. The average molecular weight is 267 g/mol. The molecule has 0 spiro atoms. The first kappa shape index (κ1) is 13.4. The molecule has 1 saturated heterocycles. The number of ether oxygens (including phenoxy) is 1. The number of amides is 2. The molecule has 0 radical (unpaired) electrons. The topological polar surface area (TPSA) is 84.7 Å². The first-order chi connectivity index (χ1) is 9.11. The zero-order valence-electron chi connectivity index (χ0n) is 11.0. The Balaban J connectivity index is 1.98. The molecule has 1 fully saturated rings. The minimum atomic E-state index is -0.473. The van der Waals surface area contributed by atoms with Crippen molar-refractivity contribution in [1.82, 2.24) is 15.4 Å². The highest BCUT2D eigenvalue weighted by Gasteiger charge is 2.32. The molecular weight excluding hydrogens is 250 g/mol. The number of nitrogens with one attached hydrogen (secondary N) is 1. The molecule has 104 valence electrons. The number of methoxy groups -OCH3 is 1. The highest BCUT2D eigenvalue weighted by atomic mass is 16.5. The van der Waals surface area contributed by atoms with Crippen LogP contribution < -0.4 is 5.32 Å². The zero-order valence-corrected chi connectivity index (χ0v) is 11.0. The molecule has 2 heterocycles. The Morgan fingerprint density at radius 1 is 1.63 bits per heavy atom.